The van der Waals surface area contributed by atoms with Crippen LogP contribution in [0.1, 0.15) is 45.4 Å². The minimum absolute atomic E-state index is 0.0722. The van der Waals surface area contributed by atoms with Crippen LogP contribution in [-0.2, 0) is 9.53 Å². The standard InChI is InChI=1S/C17H30N2O3/c1-16(22-2)13-14(20)17(16)6-11-18(12-7-17)10-5-15(21)19-8-3-4-9-19/h14,20H,3-13H2,1-2H3/t14-,16+/m1/s1. The highest BCUT2D eigenvalue weighted by Crippen LogP contribution is 2.57. The largest absolute Gasteiger partial charge is 0.392 e. The number of methoxy groups -OCH3 is 1. The summed E-state index contributed by atoms with van der Waals surface area (Å²) in [7, 11) is 1.76. The molecule has 5 heteroatoms. The number of hydrogen-bond acceptors (Lipinski definition) is 4. The second kappa shape index (κ2) is 6.10. The second-order valence-electron chi connectivity index (χ2n) is 7.49. The van der Waals surface area contributed by atoms with Crippen molar-refractivity contribution >= 4 is 5.91 Å². The van der Waals surface area contributed by atoms with Crippen LogP contribution in [0.3, 0.4) is 0 Å². The van der Waals surface area contributed by atoms with Gasteiger partial charge in [-0.25, -0.2) is 0 Å². The van der Waals surface area contributed by atoms with Crippen LogP contribution in [0.25, 0.3) is 0 Å². The average Bonchev–Trinajstić information content (AvgIpc) is 3.07. The molecule has 0 aromatic carbocycles. The molecule has 0 radical (unpaired) electrons. The molecule has 5 nitrogen and oxygen atoms in total. The number of likely N-dealkylation sites (tertiary alicyclic amines) is 2. The van der Waals surface area contributed by atoms with Crippen LogP contribution in [0.15, 0.2) is 0 Å². The van der Waals surface area contributed by atoms with Crippen molar-refractivity contribution in [3.63, 3.8) is 0 Å². The zero-order valence-corrected chi connectivity index (χ0v) is 14.0. The normalized spacial score (nSPS) is 34.9. The highest BCUT2D eigenvalue weighted by molar-refractivity contribution is 5.76. The van der Waals surface area contributed by atoms with Gasteiger partial charge in [0.25, 0.3) is 0 Å². The highest BCUT2D eigenvalue weighted by atomic mass is 16.5. The first-order valence-corrected chi connectivity index (χ1v) is 8.74. The average molecular weight is 310 g/mol. The fourth-order valence-corrected chi connectivity index (χ4v) is 4.69. The third-order valence-electron chi connectivity index (χ3n) is 6.57. The molecule has 2 atom stereocenters. The van der Waals surface area contributed by atoms with Crippen molar-refractivity contribution < 1.29 is 14.6 Å². The highest BCUT2D eigenvalue weighted by Gasteiger charge is 2.63. The lowest BCUT2D eigenvalue weighted by Crippen LogP contribution is -2.69. The van der Waals surface area contributed by atoms with Crippen molar-refractivity contribution in [3.8, 4) is 0 Å². The molecule has 2 heterocycles. The van der Waals surface area contributed by atoms with Gasteiger partial charge in [-0.1, -0.05) is 0 Å². The molecule has 2 saturated heterocycles. The maximum atomic E-state index is 12.1. The van der Waals surface area contributed by atoms with E-state index in [1.807, 2.05) is 4.90 Å². The van der Waals surface area contributed by atoms with Crippen molar-refractivity contribution in [1.29, 1.82) is 0 Å². The van der Waals surface area contributed by atoms with Gasteiger partial charge in [-0.05, 0) is 45.7 Å². The molecule has 22 heavy (non-hydrogen) atoms. The Morgan fingerprint density at radius 2 is 1.86 bits per heavy atom. The summed E-state index contributed by atoms with van der Waals surface area (Å²) in [5.41, 5.74) is -0.249. The number of carbonyl (C=O) groups is 1. The van der Waals surface area contributed by atoms with Gasteiger partial charge < -0.3 is 19.6 Å². The lowest BCUT2D eigenvalue weighted by atomic mass is 9.51. The maximum Gasteiger partial charge on any atom is 0.223 e. The third kappa shape index (κ3) is 2.57. The molecule has 0 bridgehead atoms. The zero-order valence-electron chi connectivity index (χ0n) is 14.0. The van der Waals surface area contributed by atoms with Gasteiger partial charge in [-0.2, -0.15) is 0 Å². The van der Waals surface area contributed by atoms with Crippen molar-refractivity contribution in [2.45, 2.75) is 57.2 Å². The van der Waals surface area contributed by atoms with E-state index in [1.54, 1.807) is 7.11 Å². The predicted octanol–water partition coefficient (Wildman–Crippen LogP) is 1.25. The van der Waals surface area contributed by atoms with Gasteiger partial charge in [0.05, 0.1) is 11.7 Å². The number of carbonyl (C=O) groups excluding carboxylic acids is 1. The second-order valence-corrected chi connectivity index (χ2v) is 7.49. The Balaban J connectivity index is 1.47. The summed E-state index contributed by atoms with van der Waals surface area (Å²) >= 11 is 0. The predicted molar refractivity (Wildman–Crippen MR) is 84.6 cm³/mol. The molecule has 0 unspecified atom stereocenters. The Hall–Kier alpha value is -0.650. The lowest BCUT2D eigenvalue weighted by molar-refractivity contribution is -0.261. The molecular weight excluding hydrogens is 280 g/mol. The molecule has 1 aliphatic carbocycles. The van der Waals surface area contributed by atoms with Crippen molar-refractivity contribution in [1.82, 2.24) is 9.80 Å². The van der Waals surface area contributed by atoms with Gasteiger partial charge in [0.1, 0.15) is 0 Å². The smallest absolute Gasteiger partial charge is 0.223 e. The first-order valence-electron chi connectivity index (χ1n) is 8.74. The van der Waals surface area contributed by atoms with E-state index in [-0.39, 0.29) is 17.1 Å². The van der Waals surface area contributed by atoms with Crippen LogP contribution in [0.2, 0.25) is 0 Å². The molecule has 1 spiro atoms. The van der Waals surface area contributed by atoms with E-state index in [0.29, 0.717) is 12.3 Å². The monoisotopic (exact) mass is 310 g/mol. The molecular formula is C17H30N2O3. The Labute approximate surface area is 133 Å². The Bertz CT molecular complexity index is 414. The molecule has 0 aromatic rings. The van der Waals surface area contributed by atoms with Crippen LogP contribution in [0, 0.1) is 5.41 Å². The van der Waals surface area contributed by atoms with Crippen LogP contribution in [0.4, 0.5) is 0 Å². The molecule has 0 aromatic heterocycles. The number of hydrogen-bond donors (Lipinski definition) is 1. The summed E-state index contributed by atoms with van der Waals surface area (Å²) in [5, 5.41) is 10.3. The topological polar surface area (TPSA) is 53.0 Å². The maximum absolute atomic E-state index is 12.1. The lowest BCUT2D eigenvalue weighted by Gasteiger charge is -2.63. The van der Waals surface area contributed by atoms with E-state index < -0.39 is 0 Å². The number of piperidine rings is 1. The van der Waals surface area contributed by atoms with Crippen LogP contribution >= 0.6 is 0 Å². The van der Waals surface area contributed by atoms with Gasteiger partial charge in [-0.3, -0.25) is 4.79 Å². The summed E-state index contributed by atoms with van der Waals surface area (Å²) in [5.74, 6) is 0.309. The summed E-state index contributed by atoms with van der Waals surface area (Å²) in [6.45, 7) is 6.80. The Kier molecular flexibility index (Phi) is 4.49. The van der Waals surface area contributed by atoms with Gasteiger partial charge >= 0.3 is 0 Å². The van der Waals surface area contributed by atoms with Crippen LogP contribution in [0.5, 0.6) is 0 Å². The summed E-state index contributed by atoms with van der Waals surface area (Å²) < 4.78 is 5.70. The van der Waals surface area contributed by atoms with Gasteiger partial charge in [0.2, 0.25) is 5.91 Å². The Morgan fingerprint density at radius 1 is 1.23 bits per heavy atom. The molecule has 1 N–H and O–H groups in total. The van der Waals surface area contributed by atoms with E-state index >= 15 is 0 Å². The summed E-state index contributed by atoms with van der Waals surface area (Å²) in [6, 6.07) is 0. The van der Waals surface area contributed by atoms with Crippen molar-refractivity contribution in [2.75, 3.05) is 39.8 Å². The molecule has 3 aliphatic rings. The quantitative estimate of drug-likeness (QED) is 0.849. The first kappa shape index (κ1) is 16.2. The molecule has 1 saturated carbocycles. The third-order valence-corrected chi connectivity index (χ3v) is 6.57. The minimum Gasteiger partial charge on any atom is -0.392 e. The minimum atomic E-state index is -0.231. The SMILES string of the molecule is CO[C@@]1(C)C[C@@H](O)C12CCN(CCC(=O)N1CCCC1)CC2. The van der Waals surface area contributed by atoms with Crippen LogP contribution < -0.4 is 0 Å². The number of nitrogens with zero attached hydrogens (tertiary/aromatic N) is 2. The number of rotatable bonds is 4. The van der Waals surface area contributed by atoms with Gasteiger partial charge in [-0.15, -0.1) is 0 Å². The zero-order chi connectivity index (χ0) is 15.8. The molecule has 2 aliphatic heterocycles. The number of aliphatic hydroxyl groups excluding tert-OH is 1. The van der Waals surface area contributed by atoms with Crippen molar-refractivity contribution in [3.05, 3.63) is 0 Å². The van der Waals surface area contributed by atoms with Gasteiger partial charge in [0, 0.05) is 45.0 Å². The van der Waals surface area contributed by atoms with E-state index in [0.717, 1.165) is 64.8 Å². The summed E-state index contributed by atoms with van der Waals surface area (Å²) in [4.78, 5) is 16.5. The molecule has 1 amide bonds. The molecule has 3 fully saturated rings. The summed E-state index contributed by atoms with van der Waals surface area (Å²) in [6.07, 6.45) is 5.41. The van der Waals surface area contributed by atoms with Crippen LogP contribution in [-0.4, -0.2) is 72.4 Å². The van der Waals surface area contributed by atoms with E-state index in [2.05, 4.69) is 11.8 Å². The van der Waals surface area contributed by atoms with E-state index in [9.17, 15) is 9.90 Å². The number of amides is 1. The molecule has 3 rings (SSSR count). The van der Waals surface area contributed by atoms with Gasteiger partial charge in [0.15, 0.2) is 0 Å². The van der Waals surface area contributed by atoms with Crippen molar-refractivity contribution in [2.24, 2.45) is 5.41 Å². The number of aliphatic hydroxyl groups is 1. The number of ether oxygens (including phenoxy) is 1. The fourth-order valence-electron chi connectivity index (χ4n) is 4.69. The Morgan fingerprint density at radius 3 is 2.41 bits per heavy atom. The first-order chi connectivity index (χ1) is 10.5. The fraction of sp³-hybridized carbons (Fsp3) is 0.941. The van der Waals surface area contributed by atoms with E-state index in [4.69, 9.17) is 4.74 Å². The van der Waals surface area contributed by atoms with E-state index in [1.165, 1.54) is 0 Å². The molecule has 126 valence electrons.